The summed E-state index contributed by atoms with van der Waals surface area (Å²) in [7, 11) is 1.96. The standard InChI is InChI=1S/C19H31N3O.HI/c1-20-19(21-16-9-13(16)12-5-3-2-4-6-12)22-10-14-15(11-22)18-8-7-17(14)23-18;/h12-18H,2-11H2,1H3,(H,20,21);1H. The maximum absolute atomic E-state index is 6.10. The molecule has 3 aliphatic heterocycles. The summed E-state index contributed by atoms with van der Waals surface area (Å²) in [5, 5.41) is 3.80. The Morgan fingerprint density at radius 2 is 1.62 bits per heavy atom. The van der Waals surface area contributed by atoms with Crippen LogP contribution in [0.1, 0.15) is 51.4 Å². The maximum Gasteiger partial charge on any atom is 0.193 e. The second kappa shape index (κ2) is 6.93. The second-order valence-corrected chi connectivity index (χ2v) is 8.62. The van der Waals surface area contributed by atoms with Crippen molar-refractivity contribution in [1.29, 1.82) is 0 Å². The number of halogens is 1. The van der Waals surface area contributed by atoms with Crippen molar-refractivity contribution in [2.45, 2.75) is 69.6 Å². The van der Waals surface area contributed by atoms with Crippen LogP contribution >= 0.6 is 24.0 Å². The van der Waals surface area contributed by atoms with Gasteiger partial charge in [0.1, 0.15) is 0 Å². The van der Waals surface area contributed by atoms with Gasteiger partial charge in [-0.1, -0.05) is 32.1 Å². The number of hydrogen-bond donors (Lipinski definition) is 1. The third kappa shape index (κ3) is 2.97. The lowest BCUT2D eigenvalue weighted by molar-refractivity contribution is 0.0767. The minimum Gasteiger partial charge on any atom is -0.374 e. The Balaban J connectivity index is 0.00000146. The van der Waals surface area contributed by atoms with Crippen LogP contribution in [0.25, 0.3) is 0 Å². The van der Waals surface area contributed by atoms with Gasteiger partial charge >= 0.3 is 0 Å². The highest BCUT2D eigenvalue weighted by Crippen LogP contribution is 2.48. The van der Waals surface area contributed by atoms with E-state index in [0.29, 0.717) is 18.2 Å². The van der Waals surface area contributed by atoms with Gasteiger partial charge in [-0.15, -0.1) is 24.0 Å². The molecule has 3 saturated heterocycles. The zero-order chi connectivity index (χ0) is 15.4. The number of nitrogens with zero attached hydrogens (tertiary/aromatic N) is 2. The van der Waals surface area contributed by atoms with Crippen molar-refractivity contribution in [1.82, 2.24) is 10.2 Å². The molecule has 5 heteroatoms. The molecule has 0 radical (unpaired) electrons. The van der Waals surface area contributed by atoms with Crippen LogP contribution in [0.4, 0.5) is 0 Å². The SMILES string of the molecule is CN=C(NC1CC1C1CCCCC1)N1CC2C3CCC(O3)C2C1.I. The molecule has 0 aromatic rings. The smallest absolute Gasteiger partial charge is 0.193 e. The van der Waals surface area contributed by atoms with E-state index in [9.17, 15) is 0 Å². The van der Waals surface area contributed by atoms with E-state index in [1.165, 1.54) is 57.3 Å². The number of rotatable bonds is 2. The largest absolute Gasteiger partial charge is 0.374 e. The minimum absolute atomic E-state index is 0. The molecule has 1 N–H and O–H groups in total. The number of guanidine groups is 1. The number of nitrogens with one attached hydrogen (secondary N) is 1. The average Bonchev–Trinajstić information content (AvgIpc) is 2.94. The van der Waals surface area contributed by atoms with Gasteiger partial charge < -0.3 is 15.0 Å². The van der Waals surface area contributed by atoms with Crippen LogP contribution < -0.4 is 5.32 Å². The van der Waals surface area contributed by atoms with Crippen molar-refractivity contribution in [2.75, 3.05) is 20.1 Å². The quantitative estimate of drug-likeness (QED) is 0.403. The summed E-state index contributed by atoms with van der Waals surface area (Å²) < 4.78 is 6.10. The lowest BCUT2D eigenvalue weighted by atomic mass is 9.82. The van der Waals surface area contributed by atoms with E-state index in [0.717, 1.165) is 36.8 Å². The molecule has 2 saturated carbocycles. The summed E-state index contributed by atoms with van der Waals surface area (Å²) in [6.07, 6.45) is 12.4. The molecule has 136 valence electrons. The molecule has 6 unspecified atom stereocenters. The Kier molecular flexibility index (Phi) is 5.02. The summed E-state index contributed by atoms with van der Waals surface area (Å²) >= 11 is 0. The first kappa shape index (κ1) is 17.4. The van der Waals surface area contributed by atoms with Crippen LogP contribution in [0, 0.1) is 23.7 Å². The Morgan fingerprint density at radius 1 is 0.958 bits per heavy atom. The Labute approximate surface area is 163 Å². The minimum atomic E-state index is 0. The van der Waals surface area contributed by atoms with Gasteiger partial charge in [0.25, 0.3) is 0 Å². The molecule has 4 nitrogen and oxygen atoms in total. The van der Waals surface area contributed by atoms with Crippen LogP contribution in [0.5, 0.6) is 0 Å². The third-order valence-corrected chi connectivity index (χ3v) is 7.37. The number of hydrogen-bond acceptors (Lipinski definition) is 2. The van der Waals surface area contributed by atoms with Crippen molar-refractivity contribution >= 4 is 29.9 Å². The van der Waals surface area contributed by atoms with E-state index < -0.39 is 0 Å². The van der Waals surface area contributed by atoms with E-state index in [1.54, 1.807) is 0 Å². The molecule has 0 aromatic heterocycles. The van der Waals surface area contributed by atoms with Gasteiger partial charge in [-0.05, 0) is 31.1 Å². The first-order valence-corrected chi connectivity index (χ1v) is 9.97. The molecule has 2 bridgehead atoms. The first-order valence-electron chi connectivity index (χ1n) is 9.97. The highest BCUT2D eigenvalue weighted by atomic mass is 127. The van der Waals surface area contributed by atoms with Crippen molar-refractivity contribution in [3.63, 3.8) is 0 Å². The van der Waals surface area contributed by atoms with E-state index in [2.05, 4.69) is 15.2 Å². The molecular formula is C19H32IN3O. The number of ether oxygens (including phenoxy) is 1. The molecule has 0 amide bonds. The predicted molar refractivity (Wildman–Crippen MR) is 107 cm³/mol. The normalized spacial score (nSPS) is 44.4. The lowest BCUT2D eigenvalue weighted by Crippen LogP contribution is -2.43. The topological polar surface area (TPSA) is 36.9 Å². The fourth-order valence-electron chi connectivity index (χ4n) is 6.06. The molecule has 5 fully saturated rings. The van der Waals surface area contributed by atoms with Gasteiger partial charge in [-0.25, -0.2) is 0 Å². The molecule has 6 atom stereocenters. The highest BCUT2D eigenvalue weighted by Gasteiger charge is 2.54. The average molecular weight is 445 g/mol. The van der Waals surface area contributed by atoms with Gasteiger partial charge in [0.05, 0.1) is 12.2 Å². The Bertz CT molecular complexity index is 475. The molecule has 2 aliphatic carbocycles. The van der Waals surface area contributed by atoms with Gasteiger partial charge in [0.15, 0.2) is 5.96 Å². The van der Waals surface area contributed by atoms with Gasteiger partial charge in [-0.2, -0.15) is 0 Å². The van der Waals surface area contributed by atoms with E-state index in [-0.39, 0.29) is 24.0 Å². The van der Waals surface area contributed by atoms with Crippen molar-refractivity contribution in [2.24, 2.45) is 28.7 Å². The summed E-state index contributed by atoms with van der Waals surface area (Å²) in [5.41, 5.74) is 0. The Morgan fingerprint density at radius 3 is 2.25 bits per heavy atom. The van der Waals surface area contributed by atoms with E-state index in [4.69, 9.17) is 4.74 Å². The molecule has 24 heavy (non-hydrogen) atoms. The zero-order valence-electron chi connectivity index (χ0n) is 14.8. The highest BCUT2D eigenvalue weighted by molar-refractivity contribution is 14.0. The fraction of sp³-hybridized carbons (Fsp3) is 0.947. The van der Waals surface area contributed by atoms with Crippen LogP contribution in [0.15, 0.2) is 4.99 Å². The predicted octanol–water partition coefficient (Wildman–Crippen LogP) is 3.26. The van der Waals surface area contributed by atoms with Crippen molar-refractivity contribution in [3.8, 4) is 0 Å². The van der Waals surface area contributed by atoms with E-state index >= 15 is 0 Å². The third-order valence-electron chi connectivity index (χ3n) is 7.37. The molecule has 0 aromatic carbocycles. The van der Waals surface area contributed by atoms with Crippen LogP contribution in [0.2, 0.25) is 0 Å². The second-order valence-electron chi connectivity index (χ2n) is 8.62. The fourth-order valence-corrected chi connectivity index (χ4v) is 6.06. The number of likely N-dealkylation sites (tertiary alicyclic amines) is 1. The molecule has 3 heterocycles. The summed E-state index contributed by atoms with van der Waals surface area (Å²) in [4.78, 5) is 7.15. The molecule has 0 spiro atoms. The van der Waals surface area contributed by atoms with Crippen LogP contribution in [0.3, 0.4) is 0 Å². The van der Waals surface area contributed by atoms with Gasteiger partial charge in [0.2, 0.25) is 0 Å². The molecule has 5 aliphatic rings. The Hall–Kier alpha value is -0.0400. The monoisotopic (exact) mass is 445 g/mol. The van der Waals surface area contributed by atoms with E-state index in [1.807, 2.05) is 7.05 Å². The van der Waals surface area contributed by atoms with Crippen molar-refractivity contribution < 1.29 is 4.74 Å². The lowest BCUT2D eigenvalue weighted by Gasteiger charge is -2.25. The zero-order valence-corrected chi connectivity index (χ0v) is 17.2. The van der Waals surface area contributed by atoms with Crippen LogP contribution in [-0.4, -0.2) is 49.2 Å². The van der Waals surface area contributed by atoms with Crippen LogP contribution in [-0.2, 0) is 4.74 Å². The number of aliphatic imine (C=N–C) groups is 1. The molecular weight excluding hydrogens is 413 g/mol. The number of fused-ring (bicyclic) bond motifs is 5. The maximum atomic E-state index is 6.10. The summed E-state index contributed by atoms with van der Waals surface area (Å²) in [5.74, 6) is 4.61. The first-order chi connectivity index (χ1) is 11.3. The summed E-state index contributed by atoms with van der Waals surface area (Å²) in [6, 6.07) is 0.699. The molecule has 5 rings (SSSR count). The van der Waals surface area contributed by atoms with Gasteiger partial charge in [0, 0.05) is 38.0 Å². The van der Waals surface area contributed by atoms with Gasteiger partial charge in [-0.3, -0.25) is 4.99 Å². The summed E-state index contributed by atoms with van der Waals surface area (Å²) in [6.45, 7) is 2.32. The van der Waals surface area contributed by atoms with Crippen molar-refractivity contribution in [3.05, 3.63) is 0 Å².